The normalized spacial score (nSPS) is 25.7. The summed E-state index contributed by atoms with van der Waals surface area (Å²) in [7, 11) is 0. The van der Waals surface area contributed by atoms with E-state index in [-0.39, 0.29) is 5.96 Å². The van der Waals surface area contributed by atoms with E-state index in [1.54, 1.807) is 0 Å². The van der Waals surface area contributed by atoms with E-state index in [0.29, 0.717) is 0 Å². The zero-order valence-corrected chi connectivity index (χ0v) is 4.87. The lowest BCUT2D eigenvalue weighted by Crippen LogP contribution is -2.50. The molecule has 0 aliphatic carbocycles. The van der Waals surface area contributed by atoms with Gasteiger partial charge >= 0.3 is 0 Å². The molecule has 1 unspecified atom stereocenters. The molecule has 1 heterocycles. The van der Waals surface area contributed by atoms with Crippen molar-refractivity contribution in [1.29, 1.82) is 0 Å². The summed E-state index contributed by atoms with van der Waals surface area (Å²) in [5.41, 5.74) is 4.96. The Kier molecular flexibility index (Phi) is 1.38. The molecule has 0 aromatic heterocycles. The van der Waals surface area contributed by atoms with Crippen LogP contribution < -0.4 is 11.1 Å². The molecule has 0 bridgehead atoms. The van der Waals surface area contributed by atoms with E-state index in [9.17, 15) is 9.59 Å². The van der Waals surface area contributed by atoms with Crippen molar-refractivity contribution in [3.8, 4) is 0 Å². The molecule has 6 nitrogen and oxygen atoms in total. The monoisotopic (exact) mass is 143 g/mol. The first-order valence-electron chi connectivity index (χ1n) is 2.48. The molecule has 1 aliphatic rings. The first-order valence-corrected chi connectivity index (χ1v) is 2.48. The Labute approximate surface area is 55.7 Å². The second kappa shape index (κ2) is 2.07. The highest BCUT2D eigenvalue weighted by Crippen LogP contribution is 1.92. The molecule has 4 N–H and O–H groups in total. The van der Waals surface area contributed by atoms with Gasteiger partial charge in [-0.15, -0.1) is 0 Å². The van der Waals surface area contributed by atoms with E-state index in [4.69, 9.17) is 10.8 Å². The van der Waals surface area contributed by atoms with Gasteiger partial charge in [0.2, 0.25) is 12.1 Å². The minimum absolute atomic E-state index is 0.277. The predicted molar refractivity (Wildman–Crippen MR) is 30.8 cm³/mol. The smallest absolute Gasteiger partial charge is 0.287 e. The average molecular weight is 143 g/mol. The lowest BCUT2D eigenvalue weighted by molar-refractivity contribution is -0.139. The maximum Gasteiger partial charge on any atom is 0.287 e. The molecule has 0 radical (unpaired) electrons. The van der Waals surface area contributed by atoms with Crippen LogP contribution in [0.5, 0.6) is 0 Å². The van der Waals surface area contributed by atoms with Crippen LogP contribution in [0.1, 0.15) is 0 Å². The fourth-order valence-corrected chi connectivity index (χ4v) is 0.515. The Hall–Kier alpha value is -1.43. The van der Waals surface area contributed by atoms with Crippen molar-refractivity contribution >= 4 is 17.8 Å². The second-order valence-corrected chi connectivity index (χ2v) is 1.73. The summed E-state index contributed by atoms with van der Waals surface area (Å²) in [6.07, 6.45) is -1.70. The number of nitrogens with two attached hydrogens (primary N) is 1. The van der Waals surface area contributed by atoms with Crippen LogP contribution in [0.4, 0.5) is 0 Å². The fraction of sp³-hybridized carbons (Fsp3) is 0.250. The van der Waals surface area contributed by atoms with Gasteiger partial charge in [-0.3, -0.25) is 14.9 Å². The van der Waals surface area contributed by atoms with Gasteiger partial charge in [0.1, 0.15) is 0 Å². The van der Waals surface area contributed by atoms with Gasteiger partial charge in [-0.05, 0) is 0 Å². The number of aliphatic imine (C=N–C) groups is 1. The van der Waals surface area contributed by atoms with Crippen LogP contribution in [-0.4, -0.2) is 29.0 Å². The molecule has 0 spiro atoms. The zero-order chi connectivity index (χ0) is 7.72. The number of guanidine groups is 1. The van der Waals surface area contributed by atoms with Crippen molar-refractivity contribution in [2.45, 2.75) is 6.10 Å². The minimum Gasteiger partial charge on any atom is -0.375 e. The maximum absolute atomic E-state index is 10.5. The Balaban J connectivity index is 2.89. The van der Waals surface area contributed by atoms with Crippen LogP contribution >= 0.6 is 0 Å². The van der Waals surface area contributed by atoms with Crippen molar-refractivity contribution in [2.75, 3.05) is 0 Å². The van der Waals surface area contributed by atoms with Crippen molar-refractivity contribution in [3.05, 3.63) is 0 Å². The Bertz CT molecular complexity index is 222. The molecule has 1 atom stereocenters. The summed E-state index contributed by atoms with van der Waals surface area (Å²) in [6.45, 7) is 0. The second-order valence-electron chi connectivity index (χ2n) is 1.73. The third kappa shape index (κ3) is 0.960. The Morgan fingerprint density at radius 1 is 1.60 bits per heavy atom. The van der Waals surface area contributed by atoms with Gasteiger partial charge in [-0.25, -0.2) is 0 Å². The van der Waals surface area contributed by atoms with E-state index in [0.717, 1.165) is 0 Å². The molecule has 0 aromatic carbocycles. The summed E-state index contributed by atoms with van der Waals surface area (Å²) >= 11 is 0. The summed E-state index contributed by atoms with van der Waals surface area (Å²) in [5, 5.41) is 10.6. The molecule has 1 rings (SSSR count). The van der Waals surface area contributed by atoms with Crippen LogP contribution in [0.2, 0.25) is 0 Å². The molecule has 0 fully saturated rings. The van der Waals surface area contributed by atoms with Crippen molar-refractivity contribution in [2.24, 2.45) is 10.7 Å². The van der Waals surface area contributed by atoms with Gasteiger partial charge in [0.05, 0.1) is 0 Å². The van der Waals surface area contributed by atoms with Gasteiger partial charge in [-0.1, -0.05) is 0 Å². The number of nitrogens with one attached hydrogen (secondary N) is 1. The molecular formula is C4H5N3O3. The number of rotatable bonds is 0. The summed E-state index contributed by atoms with van der Waals surface area (Å²) in [4.78, 5) is 24.0. The highest BCUT2D eigenvalue weighted by atomic mass is 16.3. The third-order valence-electron chi connectivity index (χ3n) is 0.964. The predicted octanol–water partition coefficient (Wildman–Crippen LogP) is -2.68. The van der Waals surface area contributed by atoms with Crippen molar-refractivity contribution in [3.63, 3.8) is 0 Å². The van der Waals surface area contributed by atoms with Gasteiger partial charge in [0, 0.05) is 0 Å². The number of amides is 2. The van der Waals surface area contributed by atoms with Crippen LogP contribution in [0, 0.1) is 0 Å². The van der Waals surface area contributed by atoms with Crippen molar-refractivity contribution < 1.29 is 14.7 Å². The van der Waals surface area contributed by atoms with Crippen LogP contribution in [0.25, 0.3) is 0 Å². The maximum atomic E-state index is 10.5. The van der Waals surface area contributed by atoms with Crippen molar-refractivity contribution in [1.82, 2.24) is 5.32 Å². The topological polar surface area (TPSA) is 105 Å². The quantitative estimate of drug-likeness (QED) is 0.321. The van der Waals surface area contributed by atoms with E-state index < -0.39 is 17.9 Å². The lowest BCUT2D eigenvalue weighted by atomic mass is 10.3. The fourth-order valence-electron chi connectivity index (χ4n) is 0.515. The van der Waals surface area contributed by atoms with E-state index in [1.807, 2.05) is 5.32 Å². The average Bonchev–Trinajstić information content (AvgIpc) is 1.82. The summed E-state index contributed by atoms with van der Waals surface area (Å²) < 4.78 is 0. The Morgan fingerprint density at radius 2 is 2.20 bits per heavy atom. The first-order chi connectivity index (χ1) is 4.61. The zero-order valence-electron chi connectivity index (χ0n) is 4.87. The van der Waals surface area contributed by atoms with Gasteiger partial charge in [0.25, 0.3) is 11.8 Å². The first kappa shape index (κ1) is 6.69. The molecule has 10 heavy (non-hydrogen) atoms. The van der Waals surface area contributed by atoms with E-state index in [1.165, 1.54) is 0 Å². The number of hydrogen-bond acceptors (Lipinski definition) is 4. The van der Waals surface area contributed by atoms with Gasteiger partial charge < -0.3 is 10.8 Å². The highest BCUT2D eigenvalue weighted by Gasteiger charge is 2.28. The third-order valence-corrected chi connectivity index (χ3v) is 0.964. The minimum atomic E-state index is -1.70. The van der Waals surface area contributed by atoms with Crippen LogP contribution in [0.15, 0.2) is 4.99 Å². The standard InChI is InChI=1S/C4H5N3O3/c5-4-6-2(9)1(8)3(10)7-4/h1,8H,(H3,5,6,7,9,10). The van der Waals surface area contributed by atoms with E-state index >= 15 is 0 Å². The molecule has 54 valence electrons. The Morgan fingerprint density at radius 3 is 2.70 bits per heavy atom. The highest BCUT2D eigenvalue weighted by molar-refractivity contribution is 6.16. The largest absolute Gasteiger partial charge is 0.375 e. The number of carbonyl (C=O) groups is 2. The van der Waals surface area contributed by atoms with Gasteiger partial charge in [0.15, 0.2) is 0 Å². The summed E-state index contributed by atoms with van der Waals surface area (Å²) in [5.74, 6) is -2.04. The van der Waals surface area contributed by atoms with Gasteiger partial charge in [-0.2, -0.15) is 4.99 Å². The number of hydrogen-bond donors (Lipinski definition) is 3. The molecule has 0 saturated heterocycles. The summed E-state index contributed by atoms with van der Waals surface area (Å²) in [6, 6.07) is 0. The van der Waals surface area contributed by atoms with Crippen LogP contribution in [0.3, 0.4) is 0 Å². The van der Waals surface area contributed by atoms with E-state index in [2.05, 4.69) is 4.99 Å². The number of nitrogens with zero attached hydrogens (tertiary/aromatic N) is 1. The molecular weight excluding hydrogens is 138 g/mol. The molecule has 0 saturated carbocycles. The number of carbonyl (C=O) groups excluding carboxylic acids is 2. The molecule has 2 amide bonds. The molecule has 0 aromatic rings. The lowest BCUT2D eigenvalue weighted by Gasteiger charge is -2.12. The number of aliphatic hydroxyl groups excluding tert-OH is 1. The number of aliphatic hydroxyl groups is 1. The molecule has 1 aliphatic heterocycles. The SMILES string of the molecule is NC1=NC(=O)C(O)C(=O)N1. The molecule has 6 heteroatoms. The van der Waals surface area contributed by atoms with Crippen LogP contribution in [-0.2, 0) is 9.59 Å².